The number of hydrogen-bond donors (Lipinski definition) is 0. The van der Waals surface area contributed by atoms with E-state index in [1.54, 1.807) is 0 Å². The smallest absolute Gasteiger partial charge is 0.00732 e. The molecule has 0 fully saturated rings. The largest absolute Gasteiger partial charge is 0.0616 e. The van der Waals surface area contributed by atoms with Crippen molar-refractivity contribution < 1.29 is 0 Å². The summed E-state index contributed by atoms with van der Waals surface area (Å²) in [5.74, 6) is 0. The molecule has 0 heterocycles. The van der Waals surface area contributed by atoms with Crippen molar-refractivity contribution in [1.82, 2.24) is 0 Å². The Balaban J connectivity index is 2.12. The van der Waals surface area contributed by atoms with Crippen molar-refractivity contribution in [2.75, 3.05) is 0 Å². The Morgan fingerprint density at radius 2 is 1.14 bits per heavy atom. The summed E-state index contributed by atoms with van der Waals surface area (Å²) >= 11 is 0. The molecule has 4 aromatic carbocycles. The first-order valence-corrected chi connectivity index (χ1v) is 7.73. The van der Waals surface area contributed by atoms with Crippen LogP contribution in [0.15, 0.2) is 72.8 Å². The average Bonchev–Trinajstić information content (AvgIpc) is 2.56. The average molecular weight is 282 g/mol. The second kappa shape index (κ2) is 4.99. The van der Waals surface area contributed by atoms with E-state index in [-0.39, 0.29) is 0 Å². The molecular weight excluding hydrogens is 264 g/mol. The monoisotopic (exact) mass is 282 g/mol. The van der Waals surface area contributed by atoms with Crippen LogP contribution in [0.2, 0.25) is 0 Å². The highest BCUT2D eigenvalue weighted by atomic mass is 14.1. The molecular formula is C22H18. The third-order valence-corrected chi connectivity index (χ3v) is 4.61. The van der Waals surface area contributed by atoms with E-state index in [0.717, 1.165) is 0 Å². The third kappa shape index (κ3) is 1.92. The van der Waals surface area contributed by atoms with Crippen LogP contribution in [0, 0.1) is 13.8 Å². The topological polar surface area (TPSA) is 0 Å². The molecule has 0 saturated heterocycles. The van der Waals surface area contributed by atoms with Gasteiger partial charge in [0, 0.05) is 0 Å². The molecule has 0 unspecified atom stereocenters. The summed E-state index contributed by atoms with van der Waals surface area (Å²) < 4.78 is 0. The number of fused-ring (bicyclic) bond motifs is 2. The maximum absolute atomic E-state index is 2.27. The zero-order valence-electron chi connectivity index (χ0n) is 12.9. The van der Waals surface area contributed by atoms with Crippen LogP contribution in [0.25, 0.3) is 32.7 Å². The van der Waals surface area contributed by atoms with Crippen molar-refractivity contribution >= 4 is 21.5 Å². The van der Waals surface area contributed by atoms with Crippen molar-refractivity contribution in [1.29, 1.82) is 0 Å². The van der Waals surface area contributed by atoms with Gasteiger partial charge in [0.05, 0.1) is 0 Å². The lowest BCUT2D eigenvalue weighted by molar-refractivity contribution is 1.45. The molecule has 4 aromatic rings. The summed E-state index contributed by atoms with van der Waals surface area (Å²) in [6.45, 7) is 4.44. The summed E-state index contributed by atoms with van der Waals surface area (Å²) in [5.41, 5.74) is 5.39. The highest BCUT2D eigenvalue weighted by Gasteiger charge is 2.11. The van der Waals surface area contributed by atoms with Gasteiger partial charge in [0.2, 0.25) is 0 Å². The zero-order valence-corrected chi connectivity index (χ0v) is 12.9. The minimum Gasteiger partial charge on any atom is -0.0616 e. The fraction of sp³-hybridized carbons (Fsp3) is 0.0909. The van der Waals surface area contributed by atoms with Crippen LogP contribution in [0.3, 0.4) is 0 Å². The fourth-order valence-corrected chi connectivity index (χ4v) is 3.44. The standard InChI is InChI=1S/C22H18/c1-15-11-12-18-8-4-6-10-21(18)22(15)20-14-13-17-7-3-5-9-19(17)16(20)2/h3-14H,1-2H3. The van der Waals surface area contributed by atoms with E-state index in [9.17, 15) is 0 Å². The molecule has 0 nitrogen and oxygen atoms in total. The lowest BCUT2D eigenvalue weighted by Crippen LogP contribution is -1.90. The molecule has 0 N–H and O–H groups in total. The first-order chi connectivity index (χ1) is 10.8. The minimum absolute atomic E-state index is 1.30. The number of aryl methyl sites for hydroxylation is 2. The summed E-state index contributed by atoms with van der Waals surface area (Å²) in [5, 5.41) is 5.28. The molecule has 0 aliphatic carbocycles. The molecule has 0 bridgehead atoms. The van der Waals surface area contributed by atoms with E-state index in [1.807, 2.05) is 0 Å². The van der Waals surface area contributed by atoms with Gasteiger partial charge in [-0.25, -0.2) is 0 Å². The fourth-order valence-electron chi connectivity index (χ4n) is 3.44. The molecule has 0 saturated carbocycles. The van der Waals surface area contributed by atoms with E-state index in [1.165, 1.54) is 43.8 Å². The van der Waals surface area contributed by atoms with Crippen molar-refractivity contribution in [2.24, 2.45) is 0 Å². The van der Waals surface area contributed by atoms with Gasteiger partial charge in [-0.1, -0.05) is 72.8 Å². The van der Waals surface area contributed by atoms with Crippen LogP contribution in [0.4, 0.5) is 0 Å². The van der Waals surface area contributed by atoms with Crippen LogP contribution < -0.4 is 0 Å². The number of benzene rings is 4. The van der Waals surface area contributed by atoms with Gasteiger partial charge in [-0.3, -0.25) is 0 Å². The van der Waals surface area contributed by atoms with E-state index in [0.29, 0.717) is 0 Å². The van der Waals surface area contributed by atoms with Crippen molar-refractivity contribution in [2.45, 2.75) is 13.8 Å². The molecule has 106 valence electrons. The van der Waals surface area contributed by atoms with Gasteiger partial charge in [-0.2, -0.15) is 0 Å². The molecule has 0 aliphatic rings. The first kappa shape index (κ1) is 13.1. The first-order valence-electron chi connectivity index (χ1n) is 7.73. The van der Waals surface area contributed by atoms with Crippen LogP contribution in [0.5, 0.6) is 0 Å². The van der Waals surface area contributed by atoms with Gasteiger partial charge in [0.25, 0.3) is 0 Å². The molecule has 0 spiro atoms. The molecule has 0 amide bonds. The Bertz CT molecular complexity index is 993. The van der Waals surface area contributed by atoms with Crippen LogP contribution in [0.1, 0.15) is 11.1 Å². The molecule has 0 aromatic heterocycles. The summed E-state index contributed by atoms with van der Waals surface area (Å²) in [7, 11) is 0. The summed E-state index contributed by atoms with van der Waals surface area (Å²) in [6, 6.07) is 26.2. The molecule has 4 rings (SSSR count). The zero-order chi connectivity index (χ0) is 15.1. The Hall–Kier alpha value is -2.60. The van der Waals surface area contributed by atoms with Crippen LogP contribution in [-0.4, -0.2) is 0 Å². The maximum Gasteiger partial charge on any atom is -0.00732 e. The quantitative estimate of drug-likeness (QED) is 0.385. The maximum atomic E-state index is 2.27. The predicted octanol–water partition coefficient (Wildman–Crippen LogP) is 6.28. The summed E-state index contributed by atoms with van der Waals surface area (Å²) in [6.07, 6.45) is 0. The Morgan fingerprint density at radius 3 is 1.91 bits per heavy atom. The van der Waals surface area contributed by atoms with Crippen molar-refractivity contribution in [3.05, 3.63) is 83.9 Å². The van der Waals surface area contributed by atoms with E-state index in [4.69, 9.17) is 0 Å². The lowest BCUT2D eigenvalue weighted by Gasteiger charge is -2.15. The normalized spacial score (nSPS) is 11.2. The van der Waals surface area contributed by atoms with E-state index in [2.05, 4.69) is 86.6 Å². The van der Waals surface area contributed by atoms with Gasteiger partial charge in [0.1, 0.15) is 0 Å². The van der Waals surface area contributed by atoms with E-state index >= 15 is 0 Å². The van der Waals surface area contributed by atoms with Crippen molar-refractivity contribution in [3.63, 3.8) is 0 Å². The second-order valence-electron chi connectivity index (χ2n) is 5.94. The van der Waals surface area contributed by atoms with E-state index < -0.39 is 0 Å². The van der Waals surface area contributed by atoms with Gasteiger partial charge in [0.15, 0.2) is 0 Å². The third-order valence-electron chi connectivity index (χ3n) is 4.61. The number of hydrogen-bond acceptors (Lipinski definition) is 0. The van der Waals surface area contributed by atoms with Gasteiger partial charge >= 0.3 is 0 Å². The number of rotatable bonds is 1. The lowest BCUT2D eigenvalue weighted by atomic mass is 9.89. The van der Waals surface area contributed by atoms with Gasteiger partial charge in [-0.15, -0.1) is 0 Å². The van der Waals surface area contributed by atoms with Crippen molar-refractivity contribution in [3.8, 4) is 11.1 Å². The SMILES string of the molecule is Cc1ccc2ccccc2c1-c1ccc2ccccc2c1C. The highest BCUT2D eigenvalue weighted by Crippen LogP contribution is 2.36. The molecule has 0 radical (unpaired) electrons. The highest BCUT2D eigenvalue weighted by molar-refractivity contribution is 6.02. The van der Waals surface area contributed by atoms with Gasteiger partial charge < -0.3 is 0 Å². The van der Waals surface area contributed by atoms with Gasteiger partial charge in [-0.05, 0) is 57.6 Å². The Labute approximate surface area is 131 Å². The molecule has 0 atom stereocenters. The molecule has 0 heteroatoms. The Kier molecular flexibility index (Phi) is 2.97. The van der Waals surface area contributed by atoms with Crippen LogP contribution in [-0.2, 0) is 0 Å². The molecule has 0 aliphatic heterocycles. The molecule has 22 heavy (non-hydrogen) atoms. The summed E-state index contributed by atoms with van der Waals surface area (Å²) in [4.78, 5) is 0. The minimum atomic E-state index is 1.30. The second-order valence-corrected chi connectivity index (χ2v) is 5.94. The van der Waals surface area contributed by atoms with Crippen LogP contribution >= 0.6 is 0 Å². The Morgan fingerprint density at radius 1 is 0.545 bits per heavy atom. The predicted molar refractivity (Wildman–Crippen MR) is 96.4 cm³/mol.